The third-order valence-corrected chi connectivity index (χ3v) is 9.58. The van der Waals surface area contributed by atoms with Gasteiger partial charge < -0.3 is 14.8 Å². The highest BCUT2D eigenvalue weighted by Gasteiger charge is 2.54. The fraction of sp³-hybridized carbons (Fsp3) is 0.188. The number of thioether (sulfide) groups is 2. The molecular weight excluding hydrogens is 585 g/mol. The van der Waals surface area contributed by atoms with Crippen LogP contribution in [-0.4, -0.2) is 56.7 Å². The second-order valence-corrected chi connectivity index (χ2v) is 12.1. The van der Waals surface area contributed by atoms with Gasteiger partial charge in [-0.25, -0.2) is 9.48 Å². The molecule has 1 N–H and O–H groups in total. The zero-order chi connectivity index (χ0) is 29.8. The molecule has 1 saturated heterocycles. The van der Waals surface area contributed by atoms with E-state index in [-0.39, 0.29) is 30.5 Å². The van der Waals surface area contributed by atoms with Gasteiger partial charge in [0.25, 0.3) is 5.91 Å². The highest BCUT2D eigenvalue weighted by atomic mass is 32.2. The van der Waals surface area contributed by atoms with Crippen molar-refractivity contribution >= 4 is 41.3 Å². The molecule has 9 nitrogen and oxygen atoms in total. The van der Waals surface area contributed by atoms with Crippen LogP contribution in [0.4, 0.5) is 0 Å². The molecule has 3 heterocycles. The van der Waals surface area contributed by atoms with Gasteiger partial charge in [-0.3, -0.25) is 14.5 Å². The molecular formula is C32H28N4O5S2. The van der Waals surface area contributed by atoms with Gasteiger partial charge in [0.05, 0.1) is 25.4 Å². The van der Waals surface area contributed by atoms with Crippen LogP contribution in [0.5, 0.6) is 5.75 Å². The summed E-state index contributed by atoms with van der Waals surface area (Å²) in [6.45, 7) is 0.0311. The summed E-state index contributed by atoms with van der Waals surface area (Å²) in [5.74, 6) is -0.0343. The van der Waals surface area contributed by atoms with Gasteiger partial charge in [-0.1, -0.05) is 72.4 Å². The molecule has 2 amide bonds. The van der Waals surface area contributed by atoms with Gasteiger partial charge in [-0.2, -0.15) is 5.10 Å². The van der Waals surface area contributed by atoms with E-state index >= 15 is 0 Å². The van der Waals surface area contributed by atoms with E-state index in [9.17, 15) is 14.4 Å². The molecule has 0 saturated carbocycles. The average Bonchev–Trinajstić information content (AvgIpc) is 3.51. The summed E-state index contributed by atoms with van der Waals surface area (Å²) in [5, 5.41) is 7.72. The van der Waals surface area contributed by atoms with Crippen molar-refractivity contribution in [2.75, 3.05) is 12.9 Å². The lowest BCUT2D eigenvalue weighted by Gasteiger charge is -2.49. The first-order valence-electron chi connectivity index (χ1n) is 13.6. The number of para-hydroxylation sites is 1. The molecule has 43 heavy (non-hydrogen) atoms. The van der Waals surface area contributed by atoms with E-state index in [1.807, 2.05) is 78.9 Å². The van der Waals surface area contributed by atoms with Gasteiger partial charge in [0, 0.05) is 10.7 Å². The van der Waals surface area contributed by atoms with Crippen molar-refractivity contribution in [3.63, 3.8) is 0 Å². The first-order valence-corrected chi connectivity index (χ1v) is 15.5. The van der Waals surface area contributed by atoms with Crippen molar-refractivity contribution in [3.8, 4) is 11.4 Å². The van der Waals surface area contributed by atoms with E-state index in [1.54, 1.807) is 30.1 Å². The number of ether oxygens (including phenoxy) is 2. The van der Waals surface area contributed by atoms with Crippen LogP contribution in [0.3, 0.4) is 0 Å². The van der Waals surface area contributed by atoms with Crippen molar-refractivity contribution in [1.29, 1.82) is 0 Å². The summed E-state index contributed by atoms with van der Waals surface area (Å²) in [6, 6.07) is 27.4. The summed E-state index contributed by atoms with van der Waals surface area (Å²) in [4.78, 5) is 42.1. The number of carbonyl (C=O) groups is 3. The molecule has 6 rings (SSSR count). The lowest BCUT2D eigenvalue weighted by molar-refractivity contribution is -0.153. The van der Waals surface area contributed by atoms with Gasteiger partial charge in [0.2, 0.25) is 5.91 Å². The van der Waals surface area contributed by atoms with Crippen LogP contribution in [0.2, 0.25) is 0 Å². The molecule has 4 aromatic rings. The van der Waals surface area contributed by atoms with E-state index in [1.165, 1.54) is 28.4 Å². The van der Waals surface area contributed by atoms with E-state index < -0.39 is 17.4 Å². The molecule has 2 aliphatic heterocycles. The number of β-lactam (4-membered cyclic amide) rings is 1. The summed E-state index contributed by atoms with van der Waals surface area (Å²) in [6.07, 6.45) is 1.86. The zero-order valence-electron chi connectivity index (χ0n) is 23.2. The molecule has 11 heteroatoms. The lowest BCUT2D eigenvalue weighted by Crippen LogP contribution is -2.70. The Balaban J connectivity index is 1.24. The van der Waals surface area contributed by atoms with E-state index in [4.69, 9.17) is 9.47 Å². The summed E-state index contributed by atoms with van der Waals surface area (Å²) >= 11 is 2.88. The minimum atomic E-state index is -0.730. The van der Waals surface area contributed by atoms with Crippen LogP contribution < -0.4 is 10.1 Å². The largest absolute Gasteiger partial charge is 0.497 e. The monoisotopic (exact) mass is 612 g/mol. The molecule has 0 aliphatic carbocycles. The van der Waals surface area contributed by atoms with E-state index in [2.05, 4.69) is 10.4 Å². The number of aromatic nitrogens is 2. The normalized spacial score (nSPS) is 17.6. The van der Waals surface area contributed by atoms with Crippen LogP contribution in [0.25, 0.3) is 5.69 Å². The molecule has 0 radical (unpaired) electrons. The van der Waals surface area contributed by atoms with Crippen LogP contribution in [0.15, 0.2) is 113 Å². The number of hydrogen-bond donors (Lipinski definition) is 1. The van der Waals surface area contributed by atoms with Crippen LogP contribution in [0.1, 0.15) is 11.1 Å². The van der Waals surface area contributed by atoms with Gasteiger partial charge in [0.15, 0.2) is 0 Å². The summed E-state index contributed by atoms with van der Waals surface area (Å²) < 4.78 is 12.7. The minimum absolute atomic E-state index is 0.0311. The van der Waals surface area contributed by atoms with E-state index in [0.29, 0.717) is 16.4 Å². The highest BCUT2D eigenvalue weighted by molar-refractivity contribution is 8.06. The Morgan fingerprint density at radius 1 is 0.977 bits per heavy atom. The summed E-state index contributed by atoms with van der Waals surface area (Å²) in [7, 11) is 1.59. The number of nitrogens with zero attached hydrogens (tertiary/aromatic N) is 3. The number of esters is 1. The summed E-state index contributed by atoms with van der Waals surface area (Å²) in [5.41, 5.74) is 2.72. The molecule has 3 aromatic carbocycles. The van der Waals surface area contributed by atoms with Crippen molar-refractivity contribution in [1.82, 2.24) is 20.0 Å². The number of methoxy groups -OCH3 is 1. The van der Waals surface area contributed by atoms with Crippen LogP contribution >= 0.6 is 23.5 Å². The van der Waals surface area contributed by atoms with Crippen molar-refractivity contribution in [2.45, 2.75) is 29.5 Å². The van der Waals surface area contributed by atoms with Crippen molar-refractivity contribution in [3.05, 3.63) is 119 Å². The van der Waals surface area contributed by atoms with Crippen LogP contribution in [-0.2, 0) is 32.1 Å². The Labute approximate surface area is 257 Å². The van der Waals surface area contributed by atoms with Gasteiger partial charge in [0.1, 0.15) is 34.5 Å². The quantitative estimate of drug-likeness (QED) is 0.205. The lowest BCUT2D eigenvalue weighted by atomic mass is 10.0. The molecule has 2 aliphatic rings. The van der Waals surface area contributed by atoms with Gasteiger partial charge in [-0.15, -0.1) is 11.8 Å². The Morgan fingerprint density at radius 3 is 2.42 bits per heavy atom. The second-order valence-electron chi connectivity index (χ2n) is 9.83. The average molecular weight is 613 g/mol. The number of fused-ring (bicyclic) bond motifs is 1. The van der Waals surface area contributed by atoms with Crippen molar-refractivity contribution < 1.29 is 23.9 Å². The second kappa shape index (κ2) is 12.8. The number of carbonyl (C=O) groups excluding carboxylic acids is 3. The number of hydrogen-bond acceptors (Lipinski definition) is 8. The number of nitrogens with one attached hydrogen (secondary N) is 1. The Morgan fingerprint density at radius 2 is 1.70 bits per heavy atom. The maximum atomic E-state index is 13.7. The maximum Gasteiger partial charge on any atom is 0.356 e. The minimum Gasteiger partial charge on any atom is -0.497 e. The van der Waals surface area contributed by atoms with Gasteiger partial charge in [-0.05, 0) is 41.5 Å². The fourth-order valence-corrected chi connectivity index (χ4v) is 7.39. The van der Waals surface area contributed by atoms with Crippen LogP contribution in [0, 0.1) is 0 Å². The third kappa shape index (κ3) is 6.18. The molecule has 2 atom stereocenters. The first-order chi connectivity index (χ1) is 21.0. The molecule has 0 unspecified atom stereocenters. The molecule has 0 bridgehead atoms. The molecule has 1 aromatic heterocycles. The highest BCUT2D eigenvalue weighted by Crippen LogP contribution is 2.45. The number of benzene rings is 3. The Kier molecular flexibility index (Phi) is 8.52. The third-order valence-electron chi connectivity index (χ3n) is 7.02. The molecule has 0 spiro atoms. The standard InChI is InChI=1S/C32H28N4O5S2/c1-40-24-14-12-22(13-15-24)19-41-32(39)29-25(43-27-16-17-33-36(27)23-10-6-3-7-11-23)20-42-31-28(30(38)35(29)31)34-26(37)18-21-8-4-2-5-9-21/h2-17,28,31H,18-20H2,1H3,(H,34,37)/t28-,31+/m1/s1. The maximum absolute atomic E-state index is 13.7. The topological polar surface area (TPSA) is 103 Å². The SMILES string of the molecule is COc1ccc(COC(=O)C2=C(Sc3ccnn3-c3ccccc3)CS[C@H]3[C@H](NC(=O)Cc4ccccc4)C(=O)N23)cc1. The number of amides is 2. The fourth-order valence-electron chi connectivity index (χ4n) is 4.86. The number of rotatable bonds is 10. The van der Waals surface area contributed by atoms with Crippen molar-refractivity contribution in [2.24, 2.45) is 0 Å². The van der Waals surface area contributed by atoms with Gasteiger partial charge >= 0.3 is 5.97 Å². The zero-order valence-corrected chi connectivity index (χ0v) is 24.8. The Bertz CT molecular complexity index is 1660. The Hall–Kier alpha value is -4.48. The molecule has 1 fully saturated rings. The van der Waals surface area contributed by atoms with E-state index in [0.717, 1.165) is 21.8 Å². The predicted octanol–water partition coefficient (Wildman–Crippen LogP) is 4.57. The predicted molar refractivity (Wildman–Crippen MR) is 164 cm³/mol. The molecule has 218 valence electrons. The first kappa shape index (κ1) is 28.6. The smallest absolute Gasteiger partial charge is 0.356 e.